The van der Waals surface area contributed by atoms with Gasteiger partial charge in [0.2, 0.25) is 11.4 Å². The minimum absolute atomic E-state index is 0.0362. The first-order valence-corrected chi connectivity index (χ1v) is 13.8. The number of aryl methyl sites for hydroxylation is 2. The second-order valence-electron chi connectivity index (χ2n) is 12.6. The summed E-state index contributed by atoms with van der Waals surface area (Å²) < 4.78 is 26.9. The molecule has 1 fully saturated rings. The van der Waals surface area contributed by atoms with Gasteiger partial charge in [0.15, 0.2) is 11.8 Å². The molecule has 0 atom stereocenters. The number of hydrogen-bond donors (Lipinski definition) is 0. The molecule has 1 aromatic carbocycles. The van der Waals surface area contributed by atoms with Crippen molar-refractivity contribution in [2.24, 2.45) is 13.0 Å². The van der Waals surface area contributed by atoms with Gasteiger partial charge < -0.3 is 4.42 Å². The van der Waals surface area contributed by atoms with E-state index in [0.717, 1.165) is 77.3 Å². The van der Waals surface area contributed by atoms with E-state index in [1.54, 1.807) is 0 Å². The molecule has 3 heteroatoms. The van der Waals surface area contributed by atoms with Crippen LogP contribution < -0.4 is 4.57 Å². The van der Waals surface area contributed by atoms with Crippen molar-refractivity contribution in [1.82, 2.24) is 4.98 Å². The molecule has 0 bridgehead atoms. The predicted octanol–water partition coefficient (Wildman–Crippen LogP) is 8.25. The fourth-order valence-corrected chi connectivity index (χ4v) is 6.71. The summed E-state index contributed by atoms with van der Waals surface area (Å²) >= 11 is 0. The van der Waals surface area contributed by atoms with E-state index in [2.05, 4.69) is 57.4 Å². The molecular formula is C33H41N2O+. The van der Waals surface area contributed by atoms with Crippen molar-refractivity contribution in [3.05, 3.63) is 58.9 Å². The average Bonchev–Trinajstić information content (AvgIpc) is 3.26. The van der Waals surface area contributed by atoms with Crippen LogP contribution in [-0.4, -0.2) is 4.98 Å². The molecule has 0 spiro atoms. The van der Waals surface area contributed by atoms with Crippen LogP contribution in [0.5, 0.6) is 0 Å². The van der Waals surface area contributed by atoms with E-state index in [0.29, 0.717) is 5.71 Å². The fraction of sp³-hybridized carbons (Fsp3) is 0.515. The lowest BCUT2D eigenvalue weighted by atomic mass is 9.63. The molecule has 6 rings (SSSR count). The zero-order chi connectivity index (χ0) is 27.0. The molecule has 0 saturated heterocycles. The van der Waals surface area contributed by atoms with Gasteiger partial charge in [-0.1, -0.05) is 71.9 Å². The summed E-state index contributed by atoms with van der Waals surface area (Å²) in [4.78, 5) is 4.86. The zero-order valence-electron chi connectivity index (χ0n) is 24.8. The largest absolute Gasteiger partial charge is 0.437 e. The minimum Gasteiger partial charge on any atom is -0.437 e. The Kier molecular flexibility index (Phi) is 5.01. The summed E-state index contributed by atoms with van der Waals surface area (Å²) in [5.74, 6) is 0.0706. The number of aromatic nitrogens is 2. The van der Waals surface area contributed by atoms with Gasteiger partial charge in [-0.3, -0.25) is 0 Å². The molecule has 3 heterocycles. The van der Waals surface area contributed by atoms with Crippen LogP contribution in [0.15, 0.2) is 41.1 Å². The Morgan fingerprint density at radius 1 is 1.06 bits per heavy atom. The lowest BCUT2D eigenvalue weighted by molar-refractivity contribution is -0.660. The molecular weight excluding hydrogens is 440 g/mol. The average molecular weight is 484 g/mol. The number of benzene rings is 1. The number of pyridine rings is 2. The van der Waals surface area contributed by atoms with Crippen molar-refractivity contribution in [3.8, 4) is 11.3 Å². The first kappa shape index (κ1) is 21.4. The Morgan fingerprint density at radius 3 is 2.58 bits per heavy atom. The van der Waals surface area contributed by atoms with Crippen molar-refractivity contribution >= 4 is 22.1 Å². The van der Waals surface area contributed by atoms with Crippen molar-refractivity contribution in [2.75, 3.05) is 0 Å². The summed E-state index contributed by atoms with van der Waals surface area (Å²) in [5, 5.41) is 2.25. The van der Waals surface area contributed by atoms with Gasteiger partial charge in [-0.15, -0.1) is 0 Å². The number of rotatable bonds is 3. The standard InChI is InChI=1S/C33H41N2O/c1-21-12-13-24-28-29-25(32(2,3)15-16-33(29,4)5)20-34-31(28)36-30(24)27(21)26-19-23(14-17-35(26)6)18-22-10-8-7-9-11-22/h12-14,17,19-20,22H,7-11,15-16,18H2,1-6H3/q+1/i18D2. The second-order valence-corrected chi connectivity index (χ2v) is 12.6. The summed E-state index contributed by atoms with van der Waals surface area (Å²) in [6.07, 6.45) is 10.4. The molecule has 0 N–H and O–H groups in total. The van der Waals surface area contributed by atoms with Gasteiger partial charge in [-0.2, -0.15) is 0 Å². The summed E-state index contributed by atoms with van der Waals surface area (Å²) in [6.45, 7) is 11.5. The summed E-state index contributed by atoms with van der Waals surface area (Å²) in [7, 11) is 2.04. The van der Waals surface area contributed by atoms with Crippen LogP contribution in [0.3, 0.4) is 0 Å². The molecule has 0 unspecified atom stereocenters. The van der Waals surface area contributed by atoms with Crippen LogP contribution in [0.2, 0.25) is 0 Å². The van der Waals surface area contributed by atoms with Crippen molar-refractivity contribution < 1.29 is 11.7 Å². The molecule has 36 heavy (non-hydrogen) atoms. The van der Waals surface area contributed by atoms with Crippen LogP contribution in [-0.2, 0) is 24.3 Å². The van der Waals surface area contributed by atoms with Crippen molar-refractivity contribution in [3.63, 3.8) is 0 Å². The van der Waals surface area contributed by atoms with E-state index >= 15 is 0 Å². The molecule has 2 aliphatic carbocycles. The van der Waals surface area contributed by atoms with Gasteiger partial charge in [0.05, 0.1) is 10.9 Å². The van der Waals surface area contributed by atoms with Crippen LogP contribution in [0.25, 0.3) is 33.3 Å². The highest BCUT2D eigenvalue weighted by atomic mass is 16.3. The zero-order valence-corrected chi connectivity index (χ0v) is 22.8. The molecule has 3 aromatic heterocycles. The predicted molar refractivity (Wildman–Crippen MR) is 148 cm³/mol. The van der Waals surface area contributed by atoms with E-state index < -0.39 is 6.37 Å². The highest BCUT2D eigenvalue weighted by Crippen LogP contribution is 2.50. The van der Waals surface area contributed by atoms with Crippen LogP contribution in [0.1, 0.15) is 97.6 Å². The smallest absolute Gasteiger partial charge is 0.227 e. The maximum atomic E-state index is 9.11. The SMILES string of the molecule is [2H]C([2H])(c1cc[n+](C)c(-c2c(C)ccc3c2oc2ncc4c(c23)C(C)(C)CCC4(C)C)c1)C1CCCCC1. The molecule has 2 aliphatic rings. The highest BCUT2D eigenvalue weighted by molar-refractivity contribution is 6.11. The number of nitrogens with zero attached hydrogens (tertiary/aromatic N) is 2. The third-order valence-corrected chi connectivity index (χ3v) is 9.04. The van der Waals surface area contributed by atoms with Gasteiger partial charge in [-0.05, 0) is 65.1 Å². The monoisotopic (exact) mass is 483 g/mol. The van der Waals surface area contributed by atoms with Crippen LogP contribution in [0.4, 0.5) is 0 Å². The molecule has 0 radical (unpaired) electrons. The van der Waals surface area contributed by atoms with E-state index in [1.807, 2.05) is 25.5 Å². The molecule has 0 amide bonds. The Morgan fingerprint density at radius 2 is 1.81 bits per heavy atom. The summed E-state index contributed by atoms with van der Waals surface area (Å²) in [5.41, 5.74) is 8.28. The molecule has 4 aromatic rings. The van der Waals surface area contributed by atoms with Crippen molar-refractivity contribution in [1.29, 1.82) is 0 Å². The van der Waals surface area contributed by atoms with Gasteiger partial charge in [0.1, 0.15) is 7.05 Å². The minimum atomic E-state index is -1.35. The number of hydrogen-bond acceptors (Lipinski definition) is 2. The lowest BCUT2D eigenvalue weighted by Gasteiger charge is -2.41. The first-order chi connectivity index (χ1) is 17.9. The molecule has 188 valence electrons. The third kappa shape index (κ3) is 3.78. The summed E-state index contributed by atoms with van der Waals surface area (Å²) in [6, 6.07) is 8.43. The van der Waals surface area contributed by atoms with Gasteiger partial charge in [0.25, 0.3) is 0 Å². The Bertz CT molecular complexity index is 1560. The van der Waals surface area contributed by atoms with E-state index in [1.165, 1.54) is 17.5 Å². The van der Waals surface area contributed by atoms with Crippen molar-refractivity contribution in [2.45, 2.75) is 96.8 Å². The topological polar surface area (TPSA) is 29.9 Å². The third-order valence-electron chi connectivity index (χ3n) is 9.04. The Balaban J connectivity index is 1.60. The number of furan rings is 1. The van der Waals surface area contributed by atoms with E-state index in [-0.39, 0.29) is 16.7 Å². The Labute approximate surface area is 218 Å². The quantitative estimate of drug-likeness (QED) is 0.275. The van der Waals surface area contributed by atoms with Crippen LogP contribution >= 0.6 is 0 Å². The van der Waals surface area contributed by atoms with Crippen LogP contribution in [0, 0.1) is 12.8 Å². The molecule has 3 nitrogen and oxygen atoms in total. The fourth-order valence-electron chi connectivity index (χ4n) is 6.71. The highest BCUT2D eigenvalue weighted by Gasteiger charge is 2.40. The Hall–Kier alpha value is -2.68. The molecule has 1 saturated carbocycles. The maximum Gasteiger partial charge on any atom is 0.227 e. The molecule has 0 aliphatic heterocycles. The first-order valence-electron chi connectivity index (χ1n) is 14.8. The maximum absolute atomic E-state index is 9.11. The van der Waals surface area contributed by atoms with E-state index in [4.69, 9.17) is 12.1 Å². The lowest BCUT2D eigenvalue weighted by Crippen LogP contribution is -2.34. The van der Waals surface area contributed by atoms with Gasteiger partial charge in [-0.25, -0.2) is 9.55 Å². The number of fused-ring (bicyclic) bond motifs is 5. The van der Waals surface area contributed by atoms with Gasteiger partial charge in [0, 0.05) is 26.5 Å². The van der Waals surface area contributed by atoms with E-state index in [9.17, 15) is 0 Å². The van der Waals surface area contributed by atoms with Gasteiger partial charge >= 0.3 is 0 Å². The normalized spacial score (nSPS) is 20.8. The second kappa shape index (κ2) is 8.43.